The van der Waals surface area contributed by atoms with Gasteiger partial charge in [-0.25, -0.2) is 0 Å². The SMILES string of the molecule is O=C(CC12CC3CC(CC(C3)C1)C2)NCC1CCCNC1. The van der Waals surface area contributed by atoms with E-state index in [9.17, 15) is 4.79 Å². The van der Waals surface area contributed by atoms with Crippen LogP contribution in [0.1, 0.15) is 57.8 Å². The summed E-state index contributed by atoms with van der Waals surface area (Å²) >= 11 is 0. The summed E-state index contributed by atoms with van der Waals surface area (Å²) in [7, 11) is 0. The third-order valence-electron chi connectivity index (χ3n) is 6.69. The Morgan fingerprint density at radius 1 is 1.10 bits per heavy atom. The maximum atomic E-state index is 12.4. The van der Waals surface area contributed by atoms with Crippen molar-refractivity contribution in [3.8, 4) is 0 Å². The quantitative estimate of drug-likeness (QED) is 0.836. The van der Waals surface area contributed by atoms with E-state index in [1.54, 1.807) is 0 Å². The summed E-state index contributed by atoms with van der Waals surface area (Å²) in [6.07, 6.45) is 11.8. The van der Waals surface area contributed by atoms with E-state index in [-0.39, 0.29) is 0 Å². The second-order valence-electron chi connectivity index (χ2n) is 8.61. The summed E-state index contributed by atoms with van der Waals surface area (Å²) in [4.78, 5) is 12.4. The Kier molecular flexibility index (Phi) is 3.72. The number of piperidine rings is 1. The number of carbonyl (C=O) groups excluding carboxylic acids is 1. The summed E-state index contributed by atoms with van der Waals surface area (Å²) in [6, 6.07) is 0. The van der Waals surface area contributed by atoms with Crippen molar-refractivity contribution in [1.82, 2.24) is 10.6 Å². The fourth-order valence-electron chi connectivity index (χ4n) is 6.27. The van der Waals surface area contributed by atoms with Crippen LogP contribution in [0, 0.1) is 29.1 Å². The molecule has 5 aliphatic rings. The number of hydrogen-bond acceptors (Lipinski definition) is 2. The third-order valence-corrected chi connectivity index (χ3v) is 6.69. The van der Waals surface area contributed by atoms with E-state index in [2.05, 4.69) is 10.6 Å². The maximum absolute atomic E-state index is 12.4. The van der Waals surface area contributed by atoms with Gasteiger partial charge < -0.3 is 10.6 Å². The second-order valence-corrected chi connectivity index (χ2v) is 8.61. The average Bonchev–Trinajstić information content (AvgIpc) is 2.44. The molecule has 0 aromatic carbocycles. The summed E-state index contributed by atoms with van der Waals surface area (Å²) < 4.78 is 0. The summed E-state index contributed by atoms with van der Waals surface area (Å²) in [5.41, 5.74) is 0.393. The summed E-state index contributed by atoms with van der Waals surface area (Å²) in [5.74, 6) is 3.84. The van der Waals surface area contributed by atoms with E-state index < -0.39 is 0 Å². The van der Waals surface area contributed by atoms with E-state index in [1.807, 2.05) is 0 Å². The first kappa shape index (κ1) is 14.0. The van der Waals surface area contributed by atoms with Gasteiger partial charge in [-0.2, -0.15) is 0 Å². The van der Waals surface area contributed by atoms with Crippen LogP contribution in [0.4, 0.5) is 0 Å². The molecule has 4 aliphatic carbocycles. The molecule has 3 heteroatoms. The lowest BCUT2D eigenvalue weighted by Gasteiger charge is -2.56. The van der Waals surface area contributed by atoms with Crippen LogP contribution in [0.15, 0.2) is 0 Å². The molecule has 1 unspecified atom stereocenters. The van der Waals surface area contributed by atoms with Gasteiger partial charge in [-0.3, -0.25) is 4.79 Å². The highest BCUT2D eigenvalue weighted by Crippen LogP contribution is 2.61. The molecule has 1 atom stereocenters. The number of nitrogens with one attached hydrogen (secondary N) is 2. The standard InChI is InChI=1S/C18H30N2O/c21-17(20-12-13-2-1-3-19-11-13)10-18-7-14-4-15(8-18)6-16(5-14)9-18/h13-16,19H,1-12H2,(H,20,21). The Bertz CT molecular complexity index is 365. The molecule has 1 heterocycles. The summed E-state index contributed by atoms with van der Waals surface area (Å²) in [6.45, 7) is 3.12. The Morgan fingerprint density at radius 3 is 2.33 bits per heavy atom. The maximum Gasteiger partial charge on any atom is 0.220 e. The predicted molar refractivity (Wildman–Crippen MR) is 83.8 cm³/mol. The largest absolute Gasteiger partial charge is 0.356 e. The zero-order valence-electron chi connectivity index (χ0n) is 13.2. The molecule has 21 heavy (non-hydrogen) atoms. The van der Waals surface area contributed by atoms with Crippen LogP contribution < -0.4 is 10.6 Å². The molecule has 1 saturated heterocycles. The molecule has 1 amide bonds. The first-order valence-electron chi connectivity index (χ1n) is 9.18. The van der Waals surface area contributed by atoms with Gasteiger partial charge in [-0.05, 0) is 93.5 Å². The lowest BCUT2D eigenvalue weighted by atomic mass is 9.49. The van der Waals surface area contributed by atoms with Crippen LogP contribution >= 0.6 is 0 Å². The van der Waals surface area contributed by atoms with Crippen molar-refractivity contribution in [2.24, 2.45) is 29.1 Å². The van der Waals surface area contributed by atoms with Gasteiger partial charge in [-0.1, -0.05) is 0 Å². The fraction of sp³-hybridized carbons (Fsp3) is 0.944. The van der Waals surface area contributed by atoms with Gasteiger partial charge in [0, 0.05) is 13.0 Å². The summed E-state index contributed by atoms with van der Waals surface area (Å²) in [5, 5.41) is 6.68. The van der Waals surface area contributed by atoms with E-state index in [0.717, 1.165) is 43.8 Å². The van der Waals surface area contributed by atoms with Crippen LogP contribution in [0.3, 0.4) is 0 Å². The molecule has 0 spiro atoms. The van der Waals surface area contributed by atoms with E-state index >= 15 is 0 Å². The molecule has 0 aromatic rings. The second kappa shape index (κ2) is 5.57. The molecule has 3 nitrogen and oxygen atoms in total. The zero-order chi connectivity index (χ0) is 14.3. The molecular formula is C18H30N2O. The number of rotatable bonds is 4. The fourth-order valence-corrected chi connectivity index (χ4v) is 6.27. The van der Waals surface area contributed by atoms with Crippen LogP contribution in [0.5, 0.6) is 0 Å². The Morgan fingerprint density at radius 2 is 1.76 bits per heavy atom. The minimum Gasteiger partial charge on any atom is -0.356 e. The first-order valence-corrected chi connectivity index (χ1v) is 9.18. The monoisotopic (exact) mass is 290 g/mol. The van der Waals surface area contributed by atoms with Crippen molar-refractivity contribution in [2.45, 2.75) is 57.8 Å². The minimum atomic E-state index is 0.336. The highest BCUT2D eigenvalue weighted by molar-refractivity contribution is 5.76. The third kappa shape index (κ3) is 2.99. The molecule has 2 N–H and O–H groups in total. The molecular weight excluding hydrogens is 260 g/mol. The number of amides is 1. The van der Waals surface area contributed by atoms with Crippen molar-refractivity contribution < 1.29 is 4.79 Å². The lowest BCUT2D eigenvalue weighted by Crippen LogP contribution is -2.48. The topological polar surface area (TPSA) is 41.1 Å². The van der Waals surface area contributed by atoms with Crippen LogP contribution in [0.2, 0.25) is 0 Å². The predicted octanol–water partition coefficient (Wildman–Crippen LogP) is 2.71. The van der Waals surface area contributed by atoms with Gasteiger partial charge in [0.05, 0.1) is 0 Å². The van der Waals surface area contributed by atoms with Gasteiger partial charge in [0.2, 0.25) is 5.91 Å². The van der Waals surface area contributed by atoms with Crippen molar-refractivity contribution in [3.63, 3.8) is 0 Å². The van der Waals surface area contributed by atoms with Gasteiger partial charge in [-0.15, -0.1) is 0 Å². The number of hydrogen-bond donors (Lipinski definition) is 2. The molecule has 4 bridgehead atoms. The van der Waals surface area contributed by atoms with Crippen molar-refractivity contribution in [3.05, 3.63) is 0 Å². The van der Waals surface area contributed by atoms with Crippen LogP contribution in [-0.2, 0) is 4.79 Å². The molecule has 1 aliphatic heterocycles. The van der Waals surface area contributed by atoms with Gasteiger partial charge >= 0.3 is 0 Å². The Labute approximate surface area is 128 Å². The molecule has 0 aromatic heterocycles. The molecule has 0 radical (unpaired) electrons. The molecule has 4 saturated carbocycles. The first-order chi connectivity index (χ1) is 10.2. The molecule has 5 rings (SSSR count). The molecule has 5 fully saturated rings. The highest BCUT2D eigenvalue weighted by Gasteiger charge is 2.51. The van der Waals surface area contributed by atoms with Crippen LogP contribution in [-0.4, -0.2) is 25.5 Å². The van der Waals surface area contributed by atoms with Gasteiger partial charge in [0.1, 0.15) is 0 Å². The van der Waals surface area contributed by atoms with Crippen molar-refractivity contribution in [2.75, 3.05) is 19.6 Å². The Balaban J connectivity index is 1.30. The smallest absolute Gasteiger partial charge is 0.220 e. The normalized spacial score (nSPS) is 44.8. The van der Waals surface area contributed by atoms with Crippen LogP contribution in [0.25, 0.3) is 0 Å². The van der Waals surface area contributed by atoms with E-state index in [0.29, 0.717) is 17.2 Å². The average molecular weight is 290 g/mol. The van der Waals surface area contributed by atoms with Gasteiger partial charge in [0.15, 0.2) is 0 Å². The number of carbonyl (C=O) groups is 1. The van der Waals surface area contributed by atoms with E-state index in [4.69, 9.17) is 0 Å². The Hall–Kier alpha value is -0.570. The minimum absolute atomic E-state index is 0.336. The zero-order valence-corrected chi connectivity index (χ0v) is 13.2. The lowest BCUT2D eigenvalue weighted by molar-refractivity contribution is -0.129. The highest BCUT2D eigenvalue weighted by atomic mass is 16.1. The van der Waals surface area contributed by atoms with Crippen molar-refractivity contribution in [1.29, 1.82) is 0 Å². The van der Waals surface area contributed by atoms with Gasteiger partial charge in [0.25, 0.3) is 0 Å². The van der Waals surface area contributed by atoms with E-state index in [1.165, 1.54) is 51.4 Å². The van der Waals surface area contributed by atoms with Crippen molar-refractivity contribution >= 4 is 5.91 Å². The molecule has 118 valence electrons.